The molecule has 1 aliphatic heterocycles. The predicted molar refractivity (Wildman–Crippen MR) is 163 cm³/mol. The normalized spacial score (nSPS) is 15.0. The third-order valence-corrected chi connectivity index (χ3v) is 7.99. The Kier molecular flexibility index (Phi) is 8.31. The van der Waals surface area contributed by atoms with Crippen LogP contribution >= 0.6 is 0 Å². The molecule has 3 aromatic carbocycles. The summed E-state index contributed by atoms with van der Waals surface area (Å²) in [4.78, 5) is 45.1. The summed E-state index contributed by atoms with van der Waals surface area (Å²) in [6.45, 7) is 9.94. The average molecular weight is 552 g/mol. The Morgan fingerprint density at radius 1 is 0.976 bits per heavy atom. The first-order valence-electron chi connectivity index (χ1n) is 14.2. The van der Waals surface area contributed by atoms with Gasteiger partial charge in [0.15, 0.2) is 0 Å². The lowest BCUT2D eigenvalue weighted by molar-refractivity contribution is -0.124. The molecule has 2 unspecified atom stereocenters. The number of benzene rings is 3. The van der Waals surface area contributed by atoms with Crippen molar-refractivity contribution in [2.45, 2.75) is 52.6 Å². The third-order valence-electron chi connectivity index (χ3n) is 7.99. The number of amides is 2. The third kappa shape index (κ3) is 6.23. The molecule has 5 rings (SSSR count). The van der Waals surface area contributed by atoms with Crippen molar-refractivity contribution in [3.05, 3.63) is 93.9 Å². The Morgan fingerprint density at radius 2 is 1.66 bits per heavy atom. The van der Waals surface area contributed by atoms with Gasteiger partial charge >= 0.3 is 0 Å². The van der Waals surface area contributed by atoms with Crippen LogP contribution in [0.3, 0.4) is 0 Å². The van der Waals surface area contributed by atoms with E-state index >= 15 is 0 Å². The maximum Gasteiger partial charge on any atom is 0.270 e. The number of likely N-dealkylation sites (tertiary alicyclic amines) is 1. The fourth-order valence-electron chi connectivity index (χ4n) is 5.58. The highest BCUT2D eigenvalue weighted by Gasteiger charge is 2.25. The largest absolute Gasteiger partial charge is 0.346 e. The minimum atomic E-state index is -0.722. The fraction of sp³-hybridized carbons (Fsp3) is 0.333. The van der Waals surface area contributed by atoms with Gasteiger partial charge in [0.2, 0.25) is 11.8 Å². The molecule has 2 heterocycles. The van der Waals surface area contributed by atoms with Crippen molar-refractivity contribution in [1.29, 1.82) is 0 Å². The van der Waals surface area contributed by atoms with Gasteiger partial charge in [-0.1, -0.05) is 42.5 Å². The molecule has 1 aromatic heterocycles. The number of carbonyl (C=O) groups excluding carboxylic acids is 2. The van der Waals surface area contributed by atoms with E-state index < -0.39 is 6.04 Å². The van der Waals surface area contributed by atoms with Crippen LogP contribution in [0, 0.1) is 13.8 Å². The standard InChI is InChI=1S/C33H37N5O3/c1-21-17-29-31(18-22(21)2)38(32(40)19-34-29)23(3)33(41)36-30(20-37-15-7-8-16-37)26-13-11-25(12-14-26)27-9-5-6-10-28(27)35-24(4)39/h5-6,9-14,17-19,23,30H,7-8,15-16,20H2,1-4H3,(H,35,39)(H,36,41). The zero-order chi connectivity index (χ0) is 29.1. The van der Waals surface area contributed by atoms with Crippen LogP contribution in [0.5, 0.6) is 0 Å². The summed E-state index contributed by atoms with van der Waals surface area (Å²) >= 11 is 0. The van der Waals surface area contributed by atoms with Gasteiger partial charge in [0, 0.05) is 24.7 Å². The summed E-state index contributed by atoms with van der Waals surface area (Å²) in [5.41, 5.74) is 6.80. The Labute approximate surface area is 240 Å². The lowest BCUT2D eigenvalue weighted by Gasteiger charge is -2.27. The van der Waals surface area contributed by atoms with Crippen LogP contribution in [0.4, 0.5) is 5.69 Å². The Hall–Kier alpha value is -4.30. The first kappa shape index (κ1) is 28.2. The molecule has 0 aliphatic carbocycles. The molecule has 2 atom stereocenters. The first-order valence-corrected chi connectivity index (χ1v) is 14.2. The van der Waals surface area contributed by atoms with Gasteiger partial charge in [-0.25, -0.2) is 4.98 Å². The molecule has 1 aliphatic rings. The van der Waals surface area contributed by atoms with Gasteiger partial charge in [-0.3, -0.25) is 19.0 Å². The number of aromatic nitrogens is 2. The van der Waals surface area contributed by atoms with E-state index in [0.717, 1.165) is 59.4 Å². The van der Waals surface area contributed by atoms with Crippen LogP contribution in [0.25, 0.3) is 22.2 Å². The zero-order valence-electron chi connectivity index (χ0n) is 24.1. The topological polar surface area (TPSA) is 96.3 Å². The number of carbonyl (C=O) groups is 2. The molecule has 1 saturated heterocycles. The number of anilines is 1. The molecule has 0 radical (unpaired) electrons. The Bertz CT molecular complexity index is 1640. The number of fused-ring (bicyclic) bond motifs is 1. The first-order chi connectivity index (χ1) is 19.7. The van der Waals surface area contributed by atoms with E-state index in [9.17, 15) is 14.4 Å². The lowest BCUT2D eigenvalue weighted by Crippen LogP contribution is -2.41. The van der Waals surface area contributed by atoms with Crippen molar-refractivity contribution < 1.29 is 9.59 Å². The summed E-state index contributed by atoms with van der Waals surface area (Å²) in [6.07, 6.45) is 3.58. The number of rotatable bonds is 8. The summed E-state index contributed by atoms with van der Waals surface area (Å²) in [5.74, 6) is -0.343. The Balaban J connectivity index is 1.44. The molecule has 41 heavy (non-hydrogen) atoms. The zero-order valence-corrected chi connectivity index (χ0v) is 24.1. The predicted octanol–water partition coefficient (Wildman–Crippen LogP) is 5.15. The van der Waals surface area contributed by atoms with Crippen molar-refractivity contribution >= 4 is 28.5 Å². The molecule has 8 nitrogen and oxygen atoms in total. The van der Waals surface area contributed by atoms with E-state index in [1.54, 1.807) is 11.5 Å². The quantitative estimate of drug-likeness (QED) is 0.316. The molecular formula is C33H37N5O3. The van der Waals surface area contributed by atoms with Crippen LogP contribution in [0.2, 0.25) is 0 Å². The summed E-state index contributed by atoms with van der Waals surface area (Å²) in [5, 5.41) is 6.16. The molecule has 2 N–H and O–H groups in total. The van der Waals surface area contributed by atoms with E-state index in [-0.39, 0.29) is 23.4 Å². The van der Waals surface area contributed by atoms with E-state index in [1.165, 1.54) is 13.1 Å². The van der Waals surface area contributed by atoms with Gasteiger partial charge < -0.3 is 15.5 Å². The van der Waals surface area contributed by atoms with Gasteiger partial charge in [0.25, 0.3) is 5.56 Å². The van der Waals surface area contributed by atoms with E-state index in [1.807, 2.05) is 74.5 Å². The molecule has 212 valence electrons. The highest BCUT2D eigenvalue weighted by atomic mass is 16.2. The molecule has 2 amide bonds. The van der Waals surface area contributed by atoms with Gasteiger partial charge in [0.05, 0.1) is 23.3 Å². The average Bonchev–Trinajstić information content (AvgIpc) is 3.47. The van der Waals surface area contributed by atoms with Crippen molar-refractivity contribution in [2.24, 2.45) is 0 Å². The van der Waals surface area contributed by atoms with Crippen LogP contribution in [-0.4, -0.2) is 45.9 Å². The van der Waals surface area contributed by atoms with E-state index in [2.05, 4.69) is 20.5 Å². The van der Waals surface area contributed by atoms with Crippen LogP contribution < -0.4 is 16.2 Å². The van der Waals surface area contributed by atoms with Crippen LogP contribution in [-0.2, 0) is 9.59 Å². The Morgan fingerprint density at radius 3 is 2.37 bits per heavy atom. The van der Waals surface area contributed by atoms with Gasteiger partial charge in [-0.05, 0) is 87.2 Å². The smallest absolute Gasteiger partial charge is 0.270 e. The number of hydrogen-bond acceptors (Lipinski definition) is 5. The summed E-state index contributed by atoms with van der Waals surface area (Å²) in [6, 6.07) is 18.7. The summed E-state index contributed by atoms with van der Waals surface area (Å²) < 4.78 is 1.54. The molecular weight excluding hydrogens is 514 g/mol. The number of aryl methyl sites for hydroxylation is 2. The lowest BCUT2D eigenvalue weighted by atomic mass is 9.99. The minimum Gasteiger partial charge on any atom is -0.346 e. The molecule has 0 spiro atoms. The van der Waals surface area contributed by atoms with Crippen LogP contribution in [0.1, 0.15) is 55.5 Å². The molecule has 8 heteroatoms. The maximum absolute atomic E-state index is 13.7. The maximum atomic E-state index is 13.7. The van der Waals surface area contributed by atoms with Crippen molar-refractivity contribution in [3.63, 3.8) is 0 Å². The van der Waals surface area contributed by atoms with Crippen LogP contribution in [0.15, 0.2) is 71.7 Å². The van der Waals surface area contributed by atoms with Gasteiger partial charge in [0.1, 0.15) is 6.04 Å². The highest BCUT2D eigenvalue weighted by molar-refractivity contribution is 5.94. The summed E-state index contributed by atoms with van der Waals surface area (Å²) in [7, 11) is 0. The number of hydrogen-bond donors (Lipinski definition) is 2. The molecule has 0 bridgehead atoms. The second kappa shape index (κ2) is 12.1. The van der Waals surface area contributed by atoms with E-state index in [0.29, 0.717) is 17.6 Å². The van der Waals surface area contributed by atoms with Gasteiger partial charge in [-0.2, -0.15) is 0 Å². The molecule has 4 aromatic rings. The van der Waals surface area contributed by atoms with Crippen molar-refractivity contribution in [1.82, 2.24) is 19.8 Å². The molecule has 1 fully saturated rings. The highest BCUT2D eigenvalue weighted by Crippen LogP contribution is 2.30. The monoisotopic (exact) mass is 551 g/mol. The van der Waals surface area contributed by atoms with Crippen molar-refractivity contribution in [3.8, 4) is 11.1 Å². The number of nitrogens with one attached hydrogen (secondary N) is 2. The SMILES string of the molecule is CC(=O)Nc1ccccc1-c1ccc(C(CN2CCCC2)NC(=O)C(C)n2c(=O)cnc3cc(C)c(C)cc32)cc1. The van der Waals surface area contributed by atoms with Crippen molar-refractivity contribution in [2.75, 3.05) is 25.0 Å². The second-order valence-electron chi connectivity index (χ2n) is 11.0. The fourth-order valence-corrected chi connectivity index (χ4v) is 5.58. The van der Waals surface area contributed by atoms with E-state index in [4.69, 9.17) is 0 Å². The number of nitrogens with zero attached hydrogens (tertiary/aromatic N) is 3. The second-order valence-corrected chi connectivity index (χ2v) is 11.0. The minimum absolute atomic E-state index is 0.122. The van der Waals surface area contributed by atoms with Gasteiger partial charge in [-0.15, -0.1) is 0 Å². The molecule has 0 saturated carbocycles. The number of para-hydroxylation sites is 1.